The van der Waals surface area contributed by atoms with Gasteiger partial charge in [0.2, 0.25) is 0 Å². The maximum absolute atomic E-state index is 13.0. The summed E-state index contributed by atoms with van der Waals surface area (Å²) >= 11 is 0. The number of amides is 2. The Bertz CT molecular complexity index is 552. The second-order valence-corrected chi connectivity index (χ2v) is 6.04. The molecule has 2 rings (SSSR count). The first-order valence-electron chi connectivity index (χ1n) is 7.67. The molecule has 1 aliphatic heterocycles. The van der Waals surface area contributed by atoms with E-state index < -0.39 is 30.5 Å². The van der Waals surface area contributed by atoms with Gasteiger partial charge in [-0.15, -0.1) is 0 Å². The smallest absolute Gasteiger partial charge is 0.372 e. The van der Waals surface area contributed by atoms with Crippen LogP contribution in [0.25, 0.3) is 0 Å². The predicted molar refractivity (Wildman–Crippen MR) is 79.9 cm³/mol. The molecule has 1 fully saturated rings. The van der Waals surface area contributed by atoms with Gasteiger partial charge in [-0.05, 0) is 31.5 Å². The van der Waals surface area contributed by atoms with Crippen molar-refractivity contribution in [3.63, 3.8) is 0 Å². The van der Waals surface area contributed by atoms with Crippen LogP contribution in [0.2, 0.25) is 0 Å². The molecule has 0 spiro atoms. The number of carbonyl (C=O) groups is 1. The van der Waals surface area contributed by atoms with Crippen molar-refractivity contribution < 1.29 is 27.1 Å². The minimum atomic E-state index is -4.46. The number of morpholine rings is 1. The first-order valence-corrected chi connectivity index (χ1v) is 7.67. The van der Waals surface area contributed by atoms with E-state index in [1.54, 1.807) is 13.8 Å². The third-order valence-corrected chi connectivity index (χ3v) is 3.71. The van der Waals surface area contributed by atoms with E-state index in [0.29, 0.717) is 13.1 Å². The van der Waals surface area contributed by atoms with Crippen LogP contribution < -0.4 is 5.32 Å². The molecule has 0 aromatic heterocycles. The molecule has 1 aromatic carbocycles. The van der Waals surface area contributed by atoms with Gasteiger partial charge in [0.05, 0.1) is 24.7 Å². The number of benzene rings is 1. The highest BCUT2D eigenvalue weighted by Gasteiger charge is 2.35. The first-order chi connectivity index (χ1) is 11.1. The summed E-state index contributed by atoms with van der Waals surface area (Å²) in [5, 5.41) is 2.41. The summed E-state index contributed by atoms with van der Waals surface area (Å²) in [5.74, 6) is -0.549. The van der Waals surface area contributed by atoms with Crippen LogP contribution in [0, 0.1) is 5.82 Å². The van der Waals surface area contributed by atoms with Crippen LogP contribution in [0.4, 0.5) is 22.4 Å². The molecule has 134 valence electrons. The van der Waals surface area contributed by atoms with Crippen molar-refractivity contribution in [1.82, 2.24) is 10.2 Å². The van der Waals surface area contributed by atoms with E-state index in [2.05, 4.69) is 5.32 Å². The molecule has 2 amide bonds. The highest BCUT2D eigenvalue weighted by Crippen LogP contribution is 2.30. The van der Waals surface area contributed by atoms with Gasteiger partial charge >= 0.3 is 12.2 Å². The summed E-state index contributed by atoms with van der Waals surface area (Å²) < 4.78 is 57.0. The number of ether oxygens (including phenoxy) is 1. The molecular formula is C16H20F4N2O2. The van der Waals surface area contributed by atoms with Crippen LogP contribution in [0.1, 0.15) is 31.9 Å². The highest BCUT2D eigenvalue weighted by atomic mass is 19.4. The second-order valence-electron chi connectivity index (χ2n) is 6.04. The number of urea groups is 1. The Morgan fingerprint density at radius 3 is 2.29 bits per heavy atom. The van der Waals surface area contributed by atoms with Crippen LogP contribution in [0.5, 0.6) is 0 Å². The van der Waals surface area contributed by atoms with Crippen LogP contribution in [-0.2, 0) is 4.74 Å². The number of halogens is 4. The monoisotopic (exact) mass is 348 g/mol. The standard InChI is InChI=1S/C16H20F4N2O2/c1-10-8-22(9-11(2)24-10)15(23)21-14(7-16(18,19)20)12-3-5-13(17)6-4-12/h3-6,10-11,14H,7-9H2,1-2H3,(H,21,23). The van der Waals surface area contributed by atoms with E-state index in [0.717, 1.165) is 12.1 Å². The zero-order valence-corrected chi connectivity index (χ0v) is 13.4. The van der Waals surface area contributed by atoms with Crippen LogP contribution in [-0.4, -0.2) is 42.4 Å². The zero-order valence-electron chi connectivity index (χ0n) is 13.4. The Balaban J connectivity index is 2.12. The van der Waals surface area contributed by atoms with Gasteiger partial charge < -0.3 is 15.0 Å². The molecule has 1 heterocycles. The lowest BCUT2D eigenvalue weighted by molar-refractivity contribution is -0.140. The third kappa shape index (κ3) is 5.36. The molecule has 1 aliphatic rings. The van der Waals surface area contributed by atoms with Gasteiger partial charge in [-0.25, -0.2) is 9.18 Å². The van der Waals surface area contributed by atoms with Crippen molar-refractivity contribution in [3.05, 3.63) is 35.6 Å². The van der Waals surface area contributed by atoms with E-state index in [9.17, 15) is 22.4 Å². The van der Waals surface area contributed by atoms with Gasteiger partial charge in [-0.2, -0.15) is 13.2 Å². The topological polar surface area (TPSA) is 41.6 Å². The minimum absolute atomic E-state index is 0.189. The average molecular weight is 348 g/mol. The quantitative estimate of drug-likeness (QED) is 0.848. The highest BCUT2D eigenvalue weighted by molar-refractivity contribution is 5.75. The minimum Gasteiger partial charge on any atom is -0.372 e. The number of nitrogens with zero attached hydrogens (tertiary/aromatic N) is 1. The average Bonchev–Trinajstić information content (AvgIpc) is 2.44. The molecule has 1 saturated heterocycles. The molecule has 4 nitrogen and oxygen atoms in total. The molecule has 3 atom stereocenters. The summed E-state index contributed by atoms with van der Waals surface area (Å²) in [6, 6.07) is 2.78. The number of hydrogen-bond donors (Lipinski definition) is 1. The van der Waals surface area contributed by atoms with E-state index in [-0.39, 0.29) is 17.8 Å². The van der Waals surface area contributed by atoms with E-state index in [1.807, 2.05) is 0 Å². The fraction of sp³-hybridized carbons (Fsp3) is 0.562. The molecule has 0 aliphatic carbocycles. The fourth-order valence-corrected chi connectivity index (χ4v) is 2.76. The lowest BCUT2D eigenvalue weighted by atomic mass is 10.0. The number of carbonyl (C=O) groups excluding carboxylic acids is 1. The summed E-state index contributed by atoms with van der Waals surface area (Å²) in [6.07, 6.45) is -6.06. The summed E-state index contributed by atoms with van der Waals surface area (Å²) in [5.41, 5.74) is 0.205. The number of nitrogens with one attached hydrogen (secondary N) is 1. The maximum Gasteiger partial charge on any atom is 0.391 e. The van der Waals surface area contributed by atoms with Crippen molar-refractivity contribution >= 4 is 6.03 Å². The largest absolute Gasteiger partial charge is 0.391 e. The Hall–Kier alpha value is -1.83. The first kappa shape index (κ1) is 18.5. The fourth-order valence-electron chi connectivity index (χ4n) is 2.76. The van der Waals surface area contributed by atoms with Gasteiger partial charge in [0, 0.05) is 13.1 Å². The SMILES string of the molecule is CC1CN(C(=O)NC(CC(F)(F)F)c2ccc(F)cc2)CC(C)O1. The van der Waals surface area contributed by atoms with Crippen LogP contribution >= 0.6 is 0 Å². The molecule has 1 N–H and O–H groups in total. The second kappa shape index (κ2) is 7.38. The molecule has 1 aromatic rings. The van der Waals surface area contributed by atoms with Gasteiger partial charge in [-0.3, -0.25) is 0 Å². The maximum atomic E-state index is 13.0. The lowest BCUT2D eigenvalue weighted by Gasteiger charge is -2.36. The number of rotatable bonds is 3. The van der Waals surface area contributed by atoms with Crippen molar-refractivity contribution in [2.75, 3.05) is 13.1 Å². The zero-order chi connectivity index (χ0) is 17.9. The number of hydrogen-bond acceptors (Lipinski definition) is 2. The normalized spacial score (nSPS) is 23.0. The van der Waals surface area contributed by atoms with Gasteiger partial charge in [0.15, 0.2) is 0 Å². The predicted octanol–water partition coefficient (Wildman–Crippen LogP) is 3.64. The molecular weight excluding hydrogens is 328 g/mol. The Labute approximate surface area is 137 Å². The third-order valence-electron chi connectivity index (χ3n) is 3.71. The summed E-state index contributed by atoms with van der Waals surface area (Å²) in [6.45, 7) is 4.20. The van der Waals surface area contributed by atoms with Gasteiger partial charge in [0.25, 0.3) is 0 Å². The Kier molecular flexibility index (Phi) is 5.69. The van der Waals surface area contributed by atoms with Gasteiger partial charge in [-0.1, -0.05) is 12.1 Å². The van der Waals surface area contributed by atoms with E-state index >= 15 is 0 Å². The van der Waals surface area contributed by atoms with E-state index in [1.165, 1.54) is 17.0 Å². The Morgan fingerprint density at radius 1 is 1.25 bits per heavy atom. The Morgan fingerprint density at radius 2 is 1.79 bits per heavy atom. The molecule has 24 heavy (non-hydrogen) atoms. The van der Waals surface area contributed by atoms with Crippen molar-refractivity contribution in [1.29, 1.82) is 0 Å². The van der Waals surface area contributed by atoms with Gasteiger partial charge in [0.1, 0.15) is 5.82 Å². The van der Waals surface area contributed by atoms with Crippen LogP contribution in [0.3, 0.4) is 0 Å². The molecule has 0 saturated carbocycles. The molecule has 0 radical (unpaired) electrons. The number of alkyl halides is 3. The molecule has 3 unspecified atom stereocenters. The summed E-state index contributed by atoms with van der Waals surface area (Å²) in [7, 11) is 0. The van der Waals surface area contributed by atoms with Crippen molar-refractivity contribution in [2.24, 2.45) is 0 Å². The van der Waals surface area contributed by atoms with Crippen molar-refractivity contribution in [3.8, 4) is 0 Å². The van der Waals surface area contributed by atoms with Crippen LogP contribution in [0.15, 0.2) is 24.3 Å². The lowest BCUT2D eigenvalue weighted by Crippen LogP contribution is -2.52. The molecule has 8 heteroatoms. The molecule has 0 bridgehead atoms. The summed E-state index contributed by atoms with van der Waals surface area (Å²) in [4.78, 5) is 13.8. The van der Waals surface area contributed by atoms with Crippen molar-refractivity contribution in [2.45, 2.75) is 44.7 Å². The van der Waals surface area contributed by atoms with E-state index in [4.69, 9.17) is 4.74 Å².